The molecule has 0 N–H and O–H groups in total. The van der Waals surface area contributed by atoms with Crippen LogP contribution in [0.5, 0.6) is 0 Å². The molecule has 1 atom stereocenters. The third-order valence-electron chi connectivity index (χ3n) is 4.81. The Balaban J connectivity index is 0.00000101. The van der Waals surface area contributed by atoms with Crippen LogP contribution in [0.2, 0.25) is 5.02 Å². The minimum absolute atomic E-state index is 0.0329. The first-order chi connectivity index (χ1) is 14.0. The fraction of sp³-hybridized carbons (Fsp3) is 0.440. The lowest BCUT2D eigenvalue weighted by Crippen LogP contribution is -2.12. The number of benzene rings is 1. The number of carbonyl (C=O) groups is 1. The molecule has 1 aromatic carbocycles. The molecule has 3 nitrogen and oxygen atoms in total. The number of ketones is 1. The number of nitrogens with zero attached hydrogens (tertiary/aromatic N) is 1. The average Bonchev–Trinajstić information content (AvgIpc) is 3.11. The summed E-state index contributed by atoms with van der Waals surface area (Å²) in [6.07, 6.45) is 1.99. The molecule has 5 heteroatoms. The second kappa shape index (κ2) is 9.74. The lowest BCUT2D eigenvalue weighted by atomic mass is 9.86. The Morgan fingerprint density at radius 1 is 1.17 bits per heavy atom. The van der Waals surface area contributed by atoms with E-state index < -0.39 is 5.82 Å². The lowest BCUT2D eigenvalue weighted by molar-refractivity contribution is 0.0901. The Labute approximate surface area is 183 Å². The predicted molar refractivity (Wildman–Crippen MR) is 123 cm³/mol. The molecule has 3 aromatic rings. The molecule has 0 fully saturated rings. The van der Waals surface area contributed by atoms with Crippen molar-refractivity contribution in [3.05, 3.63) is 52.5 Å². The summed E-state index contributed by atoms with van der Waals surface area (Å²) in [5.41, 5.74) is 3.12. The standard InChI is InChI=1S/C22H23ClFNO2.C3H8/c1-6-12(2)20(26)19-11-18-21(27-19)14(22(3,4)5)10-17(25-18)13-7-8-15(23)16(24)9-13;1-3-2/h7-12H,6H2,1-5H3;3H2,1-2H3. The van der Waals surface area contributed by atoms with E-state index in [1.165, 1.54) is 18.6 Å². The van der Waals surface area contributed by atoms with E-state index >= 15 is 0 Å². The van der Waals surface area contributed by atoms with Crippen LogP contribution in [-0.2, 0) is 5.41 Å². The Bertz CT molecular complexity index is 1030. The lowest BCUT2D eigenvalue weighted by Gasteiger charge is -2.20. The van der Waals surface area contributed by atoms with E-state index in [0.717, 1.165) is 12.0 Å². The van der Waals surface area contributed by atoms with Gasteiger partial charge in [-0.15, -0.1) is 0 Å². The first-order valence-electron chi connectivity index (χ1n) is 10.5. The van der Waals surface area contributed by atoms with Gasteiger partial charge in [0.25, 0.3) is 0 Å². The van der Waals surface area contributed by atoms with Crippen LogP contribution in [0.4, 0.5) is 4.39 Å². The Morgan fingerprint density at radius 2 is 1.80 bits per heavy atom. The van der Waals surface area contributed by atoms with Gasteiger partial charge in [-0.2, -0.15) is 0 Å². The SMILES string of the molecule is CCC.CCC(C)C(=O)c1cc2nc(-c3ccc(Cl)c(F)c3)cc(C(C)(C)C)c2o1. The van der Waals surface area contributed by atoms with Crippen molar-refractivity contribution < 1.29 is 13.6 Å². The molecule has 2 aromatic heterocycles. The molecule has 0 aliphatic heterocycles. The maximum absolute atomic E-state index is 13.9. The van der Waals surface area contributed by atoms with Crippen molar-refractivity contribution in [2.45, 2.75) is 66.7 Å². The van der Waals surface area contributed by atoms with Crippen LogP contribution in [0.3, 0.4) is 0 Å². The Hall–Kier alpha value is -2.20. The van der Waals surface area contributed by atoms with Crippen molar-refractivity contribution in [3.8, 4) is 11.3 Å². The molecule has 0 radical (unpaired) electrons. The number of rotatable bonds is 4. The topological polar surface area (TPSA) is 43.1 Å². The van der Waals surface area contributed by atoms with Gasteiger partial charge in [0.05, 0.1) is 10.7 Å². The number of Topliss-reactive ketones (excluding diaryl/α,β-unsaturated/α-hetero) is 1. The normalized spacial score (nSPS) is 12.4. The van der Waals surface area contributed by atoms with Crippen LogP contribution in [-0.4, -0.2) is 10.8 Å². The van der Waals surface area contributed by atoms with Crippen LogP contribution < -0.4 is 0 Å². The highest BCUT2D eigenvalue weighted by molar-refractivity contribution is 6.30. The zero-order valence-electron chi connectivity index (χ0n) is 18.9. The zero-order valence-corrected chi connectivity index (χ0v) is 19.7. The highest BCUT2D eigenvalue weighted by Gasteiger charge is 2.25. The van der Waals surface area contributed by atoms with Gasteiger partial charge >= 0.3 is 0 Å². The number of aromatic nitrogens is 1. The maximum atomic E-state index is 13.9. The molecule has 0 aliphatic rings. The van der Waals surface area contributed by atoms with Crippen LogP contribution in [0.15, 0.2) is 34.7 Å². The quantitative estimate of drug-likeness (QED) is 0.390. The van der Waals surface area contributed by atoms with Crippen molar-refractivity contribution in [2.75, 3.05) is 0 Å². The van der Waals surface area contributed by atoms with Gasteiger partial charge in [-0.1, -0.05) is 72.6 Å². The highest BCUT2D eigenvalue weighted by atomic mass is 35.5. The van der Waals surface area contributed by atoms with Crippen LogP contribution >= 0.6 is 11.6 Å². The third-order valence-corrected chi connectivity index (χ3v) is 5.11. The molecule has 2 heterocycles. The Morgan fingerprint density at radius 3 is 2.33 bits per heavy atom. The summed E-state index contributed by atoms with van der Waals surface area (Å²) in [5, 5.41) is 0.0700. The fourth-order valence-electron chi connectivity index (χ4n) is 2.93. The van der Waals surface area contributed by atoms with E-state index in [0.29, 0.717) is 28.1 Å². The van der Waals surface area contributed by atoms with E-state index in [-0.39, 0.29) is 22.1 Å². The van der Waals surface area contributed by atoms with E-state index in [9.17, 15) is 9.18 Å². The van der Waals surface area contributed by atoms with Gasteiger partial charge in [0.2, 0.25) is 5.78 Å². The van der Waals surface area contributed by atoms with Gasteiger partial charge in [-0.05, 0) is 30.0 Å². The summed E-state index contributed by atoms with van der Waals surface area (Å²) in [7, 11) is 0. The summed E-state index contributed by atoms with van der Waals surface area (Å²) >= 11 is 5.80. The molecule has 0 aliphatic carbocycles. The van der Waals surface area contributed by atoms with Gasteiger partial charge in [0.1, 0.15) is 11.3 Å². The van der Waals surface area contributed by atoms with E-state index in [2.05, 4.69) is 39.6 Å². The second-order valence-corrected chi connectivity index (χ2v) is 9.05. The minimum atomic E-state index is -0.492. The van der Waals surface area contributed by atoms with Crippen molar-refractivity contribution in [2.24, 2.45) is 5.92 Å². The third kappa shape index (κ3) is 5.28. The zero-order chi connectivity index (χ0) is 22.6. The smallest absolute Gasteiger partial charge is 0.200 e. The van der Waals surface area contributed by atoms with Gasteiger partial charge < -0.3 is 4.42 Å². The van der Waals surface area contributed by atoms with E-state index in [1.54, 1.807) is 12.1 Å². The number of halogens is 2. The maximum Gasteiger partial charge on any atom is 0.200 e. The molecule has 0 saturated heterocycles. The number of carbonyl (C=O) groups excluding carboxylic acids is 1. The largest absolute Gasteiger partial charge is 0.451 e. The summed E-state index contributed by atoms with van der Waals surface area (Å²) in [4.78, 5) is 17.2. The van der Waals surface area contributed by atoms with Gasteiger partial charge in [-0.25, -0.2) is 9.37 Å². The van der Waals surface area contributed by atoms with E-state index in [4.69, 9.17) is 16.0 Å². The molecule has 0 spiro atoms. The first kappa shape index (κ1) is 24.1. The average molecular weight is 432 g/mol. The van der Waals surface area contributed by atoms with Gasteiger partial charge in [0, 0.05) is 23.1 Å². The molecule has 3 rings (SSSR count). The molecule has 1 unspecified atom stereocenters. The highest BCUT2D eigenvalue weighted by Crippen LogP contribution is 2.35. The molecule has 162 valence electrons. The van der Waals surface area contributed by atoms with Crippen LogP contribution in [0, 0.1) is 11.7 Å². The van der Waals surface area contributed by atoms with Crippen LogP contribution in [0.25, 0.3) is 22.4 Å². The number of hydrogen-bond donors (Lipinski definition) is 0. The second-order valence-electron chi connectivity index (χ2n) is 8.64. The number of fused-ring (bicyclic) bond motifs is 1. The van der Waals surface area contributed by atoms with Crippen molar-refractivity contribution >= 4 is 28.5 Å². The van der Waals surface area contributed by atoms with E-state index in [1.807, 2.05) is 19.9 Å². The minimum Gasteiger partial charge on any atom is -0.451 e. The fourth-order valence-corrected chi connectivity index (χ4v) is 3.05. The molecular formula is C25H31ClFNO2. The first-order valence-corrected chi connectivity index (χ1v) is 10.9. The van der Waals surface area contributed by atoms with Gasteiger partial charge in [-0.3, -0.25) is 4.79 Å². The summed E-state index contributed by atoms with van der Waals surface area (Å²) in [6, 6.07) is 8.20. The van der Waals surface area contributed by atoms with Crippen molar-refractivity contribution in [1.82, 2.24) is 4.98 Å². The molecule has 0 bridgehead atoms. The predicted octanol–water partition coefficient (Wildman–Crippen LogP) is 8.23. The summed E-state index contributed by atoms with van der Waals surface area (Å²) < 4.78 is 19.9. The molecule has 0 saturated carbocycles. The molecule has 0 amide bonds. The monoisotopic (exact) mass is 431 g/mol. The molecular weight excluding hydrogens is 401 g/mol. The summed E-state index contributed by atoms with van der Waals surface area (Å²) in [5.74, 6) is -0.326. The Kier molecular flexibility index (Phi) is 7.81. The molecule has 30 heavy (non-hydrogen) atoms. The van der Waals surface area contributed by atoms with Gasteiger partial charge in [0.15, 0.2) is 11.3 Å². The van der Waals surface area contributed by atoms with Crippen molar-refractivity contribution in [1.29, 1.82) is 0 Å². The van der Waals surface area contributed by atoms with Crippen LogP contribution in [0.1, 0.15) is 77.4 Å². The van der Waals surface area contributed by atoms with Crippen molar-refractivity contribution in [3.63, 3.8) is 0 Å². The number of hydrogen-bond acceptors (Lipinski definition) is 3. The summed E-state index contributed by atoms with van der Waals surface area (Å²) in [6.45, 7) is 14.3. The number of pyridine rings is 1. The number of furan rings is 1.